The molecule has 0 radical (unpaired) electrons. The van der Waals surface area contributed by atoms with Gasteiger partial charge in [-0.1, -0.05) is 0 Å². The largest absolute Gasteiger partial charge is 0.394 e. The van der Waals surface area contributed by atoms with Crippen molar-refractivity contribution in [3.8, 4) is 0 Å². The zero-order valence-electron chi connectivity index (χ0n) is 23.8. The van der Waals surface area contributed by atoms with Gasteiger partial charge in [0.05, 0.1) is 25.9 Å². The van der Waals surface area contributed by atoms with E-state index in [0.29, 0.717) is 0 Å². The quantitative estimate of drug-likeness (QED) is 0.129. The van der Waals surface area contributed by atoms with Gasteiger partial charge in [0.1, 0.15) is 85.5 Å². The summed E-state index contributed by atoms with van der Waals surface area (Å²) in [5.41, 5.74) is 0. The molecule has 0 spiro atoms. The number of hydrogen-bond donors (Lipinski definition) is 18. The molecule has 18 N–H and O–H groups in total. The first-order valence-electron chi connectivity index (χ1n) is 13.5. The smallest absolute Gasteiger partial charge is 0.184 e. The van der Waals surface area contributed by atoms with Crippen LogP contribution in [0.25, 0.3) is 0 Å². The average molecular weight is 675 g/mol. The van der Waals surface area contributed by atoms with Crippen molar-refractivity contribution in [3.63, 3.8) is 0 Å². The zero-order valence-corrected chi connectivity index (χ0v) is 23.8. The van der Waals surface area contributed by atoms with E-state index in [1.165, 1.54) is 6.92 Å². The van der Waals surface area contributed by atoms with Crippen LogP contribution in [0.3, 0.4) is 0 Å². The standard InChI is InChI=1S/2C6H12O6.C6H12O5.C5H10O5/c2*7-1-2-3(8)4(9)5(10)6(11)12-2;1-2-3(7)4(8)5(9)6(10)11-2;6-2-1-10-5(9)4(8)3(2)7/h2*2-11H,1H2;2-10H,1H3;2-9H,1H2/t2-,3+,4+,5-,6?;2-,3-,4+,5-,6-;2-,3-,4+,5+,6+;2-,3-,4+,5?/m1100/s1. The van der Waals surface area contributed by atoms with Crippen LogP contribution in [0.4, 0.5) is 0 Å². The Labute approximate surface area is 255 Å². The topological polar surface area (TPSA) is 401 Å². The van der Waals surface area contributed by atoms with Crippen molar-refractivity contribution in [1.29, 1.82) is 0 Å². The number of rotatable bonds is 2. The summed E-state index contributed by atoms with van der Waals surface area (Å²) < 4.78 is 18.3. The van der Waals surface area contributed by atoms with Crippen molar-refractivity contribution >= 4 is 0 Å². The lowest BCUT2D eigenvalue weighted by Gasteiger charge is -2.37. The Morgan fingerprint density at radius 3 is 1.09 bits per heavy atom. The summed E-state index contributed by atoms with van der Waals surface area (Å²) >= 11 is 0. The Hall–Kier alpha value is -0.880. The van der Waals surface area contributed by atoms with Gasteiger partial charge in [0.2, 0.25) is 0 Å². The molecule has 0 saturated carbocycles. The molecule has 0 amide bonds. The molecule has 45 heavy (non-hydrogen) atoms. The fourth-order valence-corrected chi connectivity index (χ4v) is 3.98. The van der Waals surface area contributed by atoms with Crippen LogP contribution in [0.15, 0.2) is 0 Å². The van der Waals surface area contributed by atoms with E-state index in [1.807, 2.05) is 0 Å². The van der Waals surface area contributed by atoms with Crippen LogP contribution in [0.2, 0.25) is 0 Å². The molecular weight excluding hydrogens is 628 g/mol. The fraction of sp³-hybridized carbons (Fsp3) is 1.00. The van der Waals surface area contributed by atoms with E-state index in [1.54, 1.807) is 0 Å². The lowest BCUT2D eigenvalue weighted by molar-refractivity contribution is -0.286. The van der Waals surface area contributed by atoms with Crippen LogP contribution in [0, 0.1) is 0 Å². The molecule has 19 atom stereocenters. The Bertz CT molecular complexity index is 741. The molecule has 0 aromatic carbocycles. The summed E-state index contributed by atoms with van der Waals surface area (Å²) in [7, 11) is 0. The first kappa shape index (κ1) is 42.1. The molecule has 22 heteroatoms. The van der Waals surface area contributed by atoms with Crippen LogP contribution in [0.5, 0.6) is 0 Å². The summed E-state index contributed by atoms with van der Waals surface area (Å²) in [5, 5.41) is 161. The minimum Gasteiger partial charge on any atom is -0.394 e. The minimum atomic E-state index is -1.57. The highest BCUT2D eigenvalue weighted by Gasteiger charge is 2.44. The van der Waals surface area contributed by atoms with E-state index in [-0.39, 0.29) is 6.61 Å². The van der Waals surface area contributed by atoms with E-state index in [2.05, 4.69) is 18.9 Å². The molecule has 270 valence electrons. The summed E-state index contributed by atoms with van der Waals surface area (Å²) in [6.07, 6.45) is -25.3. The van der Waals surface area contributed by atoms with Gasteiger partial charge in [-0.2, -0.15) is 0 Å². The molecule has 22 nitrogen and oxygen atoms in total. The van der Waals surface area contributed by atoms with E-state index in [4.69, 9.17) is 91.9 Å². The molecule has 0 aromatic heterocycles. The first-order chi connectivity index (χ1) is 20.8. The molecule has 4 saturated heterocycles. The Kier molecular flexibility index (Phi) is 18.0. The van der Waals surface area contributed by atoms with Crippen molar-refractivity contribution < 1.29 is 111 Å². The number of hydrogen-bond acceptors (Lipinski definition) is 22. The monoisotopic (exact) mass is 674 g/mol. The predicted molar refractivity (Wildman–Crippen MR) is 137 cm³/mol. The van der Waals surface area contributed by atoms with Gasteiger partial charge < -0.3 is 111 Å². The highest BCUT2D eigenvalue weighted by molar-refractivity contribution is 4.89. The number of aliphatic hydroxyl groups is 18. The maximum Gasteiger partial charge on any atom is 0.184 e. The van der Waals surface area contributed by atoms with Crippen molar-refractivity contribution in [1.82, 2.24) is 0 Å². The molecule has 2 unspecified atom stereocenters. The van der Waals surface area contributed by atoms with Crippen molar-refractivity contribution in [3.05, 3.63) is 0 Å². The zero-order chi connectivity index (χ0) is 34.9. The summed E-state index contributed by atoms with van der Waals surface area (Å²) in [6.45, 7) is 0.298. The maximum absolute atomic E-state index is 9.12. The van der Waals surface area contributed by atoms with Gasteiger partial charge in [-0.15, -0.1) is 0 Å². The van der Waals surface area contributed by atoms with Gasteiger partial charge in [0, 0.05) is 0 Å². The van der Waals surface area contributed by atoms with E-state index >= 15 is 0 Å². The van der Waals surface area contributed by atoms with Crippen molar-refractivity contribution in [2.24, 2.45) is 0 Å². The van der Waals surface area contributed by atoms with E-state index in [0.717, 1.165) is 0 Å². The first-order valence-corrected chi connectivity index (χ1v) is 13.5. The van der Waals surface area contributed by atoms with Crippen LogP contribution >= 0.6 is 0 Å². The number of aliphatic hydroxyl groups excluding tert-OH is 18. The number of ether oxygens (including phenoxy) is 4. The summed E-state index contributed by atoms with van der Waals surface area (Å²) in [6, 6.07) is 0. The third kappa shape index (κ3) is 11.4. The van der Waals surface area contributed by atoms with Crippen LogP contribution in [-0.4, -0.2) is 228 Å². The third-order valence-electron chi connectivity index (χ3n) is 7.04. The van der Waals surface area contributed by atoms with Crippen LogP contribution < -0.4 is 0 Å². The SMILES string of the molecule is C[C@@H]1O[C@@H](O)[C@H](O)[C@H](O)[C@H]1O.OC1OC[C@H](O)[C@H](O)[C@H]1O.OC[C@H]1OC(O)[C@H](O)[C@@H](O)[C@H]1O.OC[C@H]1O[C@@H](O)[C@H](O)[C@@H](O)[C@@H]1O. The second-order valence-electron chi connectivity index (χ2n) is 10.4. The molecule has 4 aliphatic heterocycles. The van der Waals surface area contributed by atoms with Crippen molar-refractivity contribution in [2.75, 3.05) is 19.8 Å². The summed E-state index contributed by atoms with van der Waals surface area (Å²) in [4.78, 5) is 0. The van der Waals surface area contributed by atoms with Gasteiger partial charge in [-0.25, -0.2) is 0 Å². The van der Waals surface area contributed by atoms with Gasteiger partial charge in [-0.05, 0) is 6.92 Å². The van der Waals surface area contributed by atoms with Gasteiger partial charge in [0.25, 0.3) is 0 Å². The Morgan fingerprint density at radius 1 is 0.400 bits per heavy atom. The van der Waals surface area contributed by atoms with Gasteiger partial charge >= 0.3 is 0 Å². The van der Waals surface area contributed by atoms with Crippen molar-refractivity contribution in [2.45, 2.75) is 124 Å². The fourth-order valence-electron chi connectivity index (χ4n) is 3.98. The third-order valence-corrected chi connectivity index (χ3v) is 7.04. The lowest BCUT2D eigenvalue weighted by Crippen LogP contribution is -2.58. The van der Waals surface area contributed by atoms with Gasteiger partial charge in [0.15, 0.2) is 25.2 Å². The molecule has 4 heterocycles. The molecule has 0 aromatic rings. The molecule has 4 fully saturated rings. The highest BCUT2D eigenvalue weighted by atomic mass is 16.7. The second-order valence-corrected chi connectivity index (χ2v) is 10.4. The molecule has 4 rings (SSSR count). The summed E-state index contributed by atoms with van der Waals surface area (Å²) in [5.74, 6) is 0. The maximum atomic E-state index is 9.12. The second kappa shape index (κ2) is 19.2. The van der Waals surface area contributed by atoms with E-state index < -0.39 is 130 Å². The Balaban J connectivity index is 0.000000301. The lowest BCUT2D eigenvalue weighted by atomic mass is 10.00. The molecular formula is C23H46O22. The molecule has 4 aliphatic rings. The Morgan fingerprint density at radius 2 is 0.733 bits per heavy atom. The minimum absolute atomic E-state index is 0.153. The van der Waals surface area contributed by atoms with Crippen LogP contribution in [0.1, 0.15) is 6.92 Å². The van der Waals surface area contributed by atoms with Gasteiger partial charge in [-0.3, -0.25) is 0 Å². The normalized spacial score (nSPS) is 50.1. The average Bonchev–Trinajstić information content (AvgIpc) is 3.02. The van der Waals surface area contributed by atoms with Crippen LogP contribution in [-0.2, 0) is 18.9 Å². The molecule has 0 bridgehead atoms. The predicted octanol–water partition coefficient (Wildman–Crippen LogP) is -11.2. The van der Waals surface area contributed by atoms with E-state index in [9.17, 15) is 0 Å². The highest BCUT2D eigenvalue weighted by Crippen LogP contribution is 2.21. The molecule has 0 aliphatic carbocycles.